The van der Waals surface area contributed by atoms with E-state index in [1.807, 2.05) is 12.1 Å². The zero-order valence-electron chi connectivity index (χ0n) is 8.42. The summed E-state index contributed by atoms with van der Waals surface area (Å²) in [5.41, 5.74) is 0.0318. The number of hydrogen-bond donors (Lipinski definition) is 0. The van der Waals surface area contributed by atoms with Gasteiger partial charge in [-0.25, -0.2) is 10.0 Å². The van der Waals surface area contributed by atoms with Crippen LogP contribution >= 0.6 is 0 Å². The lowest BCUT2D eigenvalue weighted by Gasteiger charge is -2.46. The summed E-state index contributed by atoms with van der Waals surface area (Å²) in [6, 6.07) is 0. The molecule has 0 N–H and O–H groups in total. The normalized spacial score (nSPS) is 34.2. The van der Waals surface area contributed by atoms with Crippen LogP contribution in [-0.4, -0.2) is 42.0 Å². The van der Waals surface area contributed by atoms with E-state index in [0.29, 0.717) is 18.7 Å². The Hall–Kier alpha value is -0.410. The molecule has 1 aliphatic heterocycles. The van der Waals surface area contributed by atoms with Crippen LogP contribution < -0.4 is 0 Å². The van der Waals surface area contributed by atoms with E-state index >= 15 is 0 Å². The molecule has 3 heteroatoms. The molecule has 0 aromatic rings. The molecule has 0 bridgehead atoms. The second-order valence-corrected chi connectivity index (χ2v) is 3.91. The molecule has 1 atom stereocenters. The minimum atomic E-state index is 0.0318. The van der Waals surface area contributed by atoms with Crippen LogP contribution in [0, 0.1) is 0 Å². The molecule has 1 rings (SSSR count). The molecule has 1 aliphatic rings. The molecule has 1 saturated heterocycles. The molecule has 0 aromatic carbocycles. The summed E-state index contributed by atoms with van der Waals surface area (Å²) in [5, 5.41) is 4.17. The van der Waals surface area contributed by atoms with Crippen LogP contribution in [0.25, 0.3) is 0 Å². The van der Waals surface area contributed by atoms with Crippen LogP contribution in [0.5, 0.6) is 0 Å². The SMILES string of the molecule is CCC1(C)CC(=O)CN(C)N1C. The van der Waals surface area contributed by atoms with Crippen molar-refractivity contribution in [2.24, 2.45) is 0 Å². The van der Waals surface area contributed by atoms with Gasteiger partial charge in [0.25, 0.3) is 0 Å². The first-order valence-corrected chi connectivity index (χ1v) is 4.46. The molecule has 12 heavy (non-hydrogen) atoms. The Kier molecular flexibility index (Phi) is 2.54. The minimum Gasteiger partial charge on any atom is -0.298 e. The summed E-state index contributed by atoms with van der Waals surface area (Å²) >= 11 is 0. The number of hydrogen-bond acceptors (Lipinski definition) is 3. The fraction of sp³-hybridized carbons (Fsp3) is 0.889. The molecule has 3 nitrogen and oxygen atoms in total. The molecule has 0 aromatic heterocycles. The number of likely N-dealkylation sites (N-methyl/N-ethyl adjacent to an activating group) is 1. The molecule has 0 saturated carbocycles. The van der Waals surface area contributed by atoms with Gasteiger partial charge in [-0.2, -0.15) is 0 Å². The fourth-order valence-electron chi connectivity index (χ4n) is 1.72. The molecule has 0 amide bonds. The Balaban J connectivity index is 2.79. The highest BCUT2D eigenvalue weighted by atomic mass is 16.1. The summed E-state index contributed by atoms with van der Waals surface area (Å²) in [7, 11) is 4.01. The summed E-state index contributed by atoms with van der Waals surface area (Å²) < 4.78 is 0. The molecular formula is C9H18N2O. The Morgan fingerprint density at radius 1 is 1.50 bits per heavy atom. The van der Waals surface area contributed by atoms with Gasteiger partial charge in [-0.3, -0.25) is 4.79 Å². The van der Waals surface area contributed by atoms with Crippen molar-refractivity contribution in [1.82, 2.24) is 10.0 Å². The Morgan fingerprint density at radius 3 is 2.58 bits per heavy atom. The van der Waals surface area contributed by atoms with Crippen molar-refractivity contribution >= 4 is 5.78 Å². The Labute approximate surface area is 74.3 Å². The Bertz CT molecular complexity index is 193. The van der Waals surface area contributed by atoms with E-state index in [0.717, 1.165) is 6.42 Å². The monoisotopic (exact) mass is 170 g/mol. The van der Waals surface area contributed by atoms with Gasteiger partial charge in [-0.1, -0.05) is 6.92 Å². The van der Waals surface area contributed by atoms with Gasteiger partial charge in [0.15, 0.2) is 0 Å². The smallest absolute Gasteiger partial charge is 0.150 e. The van der Waals surface area contributed by atoms with E-state index in [1.54, 1.807) is 0 Å². The molecule has 0 aliphatic carbocycles. The lowest BCUT2D eigenvalue weighted by Crippen LogP contribution is -2.58. The zero-order chi connectivity index (χ0) is 9.35. The van der Waals surface area contributed by atoms with Crippen molar-refractivity contribution in [3.8, 4) is 0 Å². The molecule has 1 heterocycles. The van der Waals surface area contributed by atoms with E-state index in [2.05, 4.69) is 25.9 Å². The van der Waals surface area contributed by atoms with E-state index in [9.17, 15) is 4.79 Å². The molecular weight excluding hydrogens is 152 g/mol. The number of ketones is 1. The summed E-state index contributed by atoms with van der Waals surface area (Å²) in [6.07, 6.45) is 1.70. The topological polar surface area (TPSA) is 23.6 Å². The van der Waals surface area contributed by atoms with Gasteiger partial charge in [0.1, 0.15) is 5.78 Å². The third kappa shape index (κ3) is 1.52. The predicted octanol–water partition coefficient (Wildman–Crippen LogP) is 0.906. The highest BCUT2D eigenvalue weighted by Gasteiger charge is 2.36. The third-order valence-corrected chi connectivity index (χ3v) is 3.04. The van der Waals surface area contributed by atoms with E-state index in [-0.39, 0.29) is 5.54 Å². The van der Waals surface area contributed by atoms with Gasteiger partial charge in [0.2, 0.25) is 0 Å². The van der Waals surface area contributed by atoms with Crippen molar-refractivity contribution in [3.05, 3.63) is 0 Å². The largest absolute Gasteiger partial charge is 0.298 e. The van der Waals surface area contributed by atoms with Crippen LogP contribution in [0.3, 0.4) is 0 Å². The maximum Gasteiger partial charge on any atom is 0.150 e. The predicted molar refractivity (Wildman–Crippen MR) is 48.7 cm³/mol. The first-order chi connectivity index (χ1) is 5.49. The highest BCUT2D eigenvalue weighted by molar-refractivity contribution is 5.82. The van der Waals surface area contributed by atoms with E-state index < -0.39 is 0 Å². The first-order valence-electron chi connectivity index (χ1n) is 4.46. The van der Waals surface area contributed by atoms with E-state index in [1.165, 1.54) is 0 Å². The summed E-state index contributed by atoms with van der Waals surface area (Å²) in [5.74, 6) is 0.347. The van der Waals surface area contributed by atoms with Crippen LogP contribution in [-0.2, 0) is 4.79 Å². The number of Topliss-reactive ketones (excluding diaryl/α,β-unsaturated/α-hetero) is 1. The van der Waals surface area contributed by atoms with Gasteiger partial charge in [0, 0.05) is 26.1 Å². The average Bonchev–Trinajstić information content (AvgIpc) is 2.00. The Morgan fingerprint density at radius 2 is 2.08 bits per heavy atom. The number of carbonyl (C=O) groups is 1. The van der Waals surface area contributed by atoms with Crippen LogP contribution in [0.1, 0.15) is 26.7 Å². The van der Waals surface area contributed by atoms with Crippen molar-refractivity contribution < 1.29 is 4.79 Å². The van der Waals surface area contributed by atoms with Gasteiger partial charge in [0.05, 0.1) is 6.54 Å². The fourth-order valence-corrected chi connectivity index (χ4v) is 1.72. The standard InChI is InChI=1S/C9H18N2O/c1-5-9(2)6-8(12)7-10(3)11(9)4/h5-7H2,1-4H3. The lowest BCUT2D eigenvalue weighted by atomic mass is 9.90. The molecule has 1 unspecified atom stereocenters. The van der Waals surface area contributed by atoms with Crippen molar-refractivity contribution in [3.63, 3.8) is 0 Å². The average molecular weight is 170 g/mol. The molecule has 0 radical (unpaired) electrons. The third-order valence-electron chi connectivity index (χ3n) is 3.04. The number of hydrazine groups is 1. The second-order valence-electron chi connectivity index (χ2n) is 3.91. The highest BCUT2D eigenvalue weighted by Crippen LogP contribution is 2.27. The molecule has 1 fully saturated rings. The maximum absolute atomic E-state index is 11.3. The first kappa shape index (κ1) is 9.68. The number of nitrogens with zero attached hydrogens (tertiary/aromatic N) is 2. The van der Waals surface area contributed by atoms with Gasteiger partial charge < -0.3 is 0 Å². The van der Waals surface area contributed by atoms with E-state index in [4.69, 9.17) is 0 Å². The number of rotatable bonds is 1. The van der Waals surface area contributed by atoms with Gasteiger partial charge in [-0.05, 0) is 13.3 Å². The van der Waals surface area contributed by atoms with Gasteiger partial charge in [-0.15, -0.1) is 0 Å². The summed E-state index contributed by atoms with van der Waals surface area (Å²) in [4.78, 5) is 11.3. The zero-order valence-corrected chi connectivity index (χ0v) is 8.42. The van der Waals surface area contributed by atoms with Crippen molar-refractivity contribution in [1.29, 1.82) is 0 Å². The van der Waals surface area contributed by atoms with Crippen LogP contribution in [0.2, 0.25) is 0 Å². The van der Waals surface area contributed by atoms with Crippen molar-refractivity contribution in [2.75, 3.05) is 20.6 Å². The minimum absolute atomic E-state index is 0.0318. The lowest BCUT2D eigenvalue weighted by molar-refractivity contribution is -0.147. The summed E-state index contributed by atoms with van der Waals surface area (Å²) in [6.45, 7) is 4.83. The number of carbonyl (C=O) groups excluding carboxylic acids is 1. The van der Waals surface area contributed by atoms with Crippen LogP contribution in [0.15, 0.2) is 0 Å². The second kappa shape index (κ2) is 3.15. The molecule has 70 valence electrons. The maximum atomic E-state index is 11.3. The van der Waals surface area contributed by atoms with Gasteiger partial charge >= 0.3 is 0 Å². The molecule has 0 spiro atoms. The quantitative estimate of drug-likeness (QED) is 0.584. The van der Waals surface area contributed by atoms with Crippen molar-refractivity contribution in [2.45, 2.75) is 32.2 Å². The van der Waals surface area contributed by atoms with Crippen LogP contribution in [0.4, 0.5) is 0 Å².